The van der Waals surface area contributed by atoms with Crippen molar-refractivity contribution in [1.82, 2.24) is 4.98 Å². The van der Waals surface area contributed by atoms with Gasteiger partial charge in [-0.3, -0.25) is 4.79 Å². The average Bonchev–Trinajstić information content (AvgIpc) is 2.36. The summed E-state index contributed by atoms with van der Waals surface area (Å²) < 4.78 is 14.2. The lowest BCUT2D eigenvalue weighted by atomic mass is 9.95. The fraction of sp³-hybridized carbons (Fsp3) is 0. The summed E-state index contributed by atoms with van der Waals surface area (Å²) in [4.78, 5) is 36.5. The highest BCUT2D eigenvalue weighted by Crippen LogP contribution is 2.36. The molecule has 7 nitrogen and oxygen atoms in total. The first kappa shape index (κ1) is 15.7. The van der Waals surface area contributed by atoms with Crippen LogP contribution in [0, 0.1) is 5.82 Å². The number of carbonyl (C=O) groups is 2. The van der Waals surface area contributed by atoms with Crippen LogP contribution in [0.15, 0.2) is 27.5 Å². The van der Waals surface area contributed by atoms with Crippen molar-refractivity contribution >= 4 is 33.7 Å². The second-order valence-corrected chi connectivity index (χ2v) is 5.05. The molecule has 0 aliphatic carbocycles. The maximum atomic E-state index is 14.1. The molecule has 0 spiro atoms. The maximum Gasteiger partial charge on any atom is 0.342 e. The van der Waals surface area contributed by atoms with Gasteiger partial charge in [0, 0.05) is 15.6 Å². The van der Waals surface area contributed by atoms with Crippen LogP contribution in [0.25, 0.3) is 11.1 Å². The molecule has 2 rings (SSSR count). The van der Waals surface area contributed by atoms with E-state index >= 15 is 0 Å². The lowest BCUT2D eigenvalue weighted by Crippen LogP contribution is -2.24. The van der Waals surface area contributed by atoms with Crippen molar-refractivity contribution < 1.29 is 24.2 Å². The summed E-state index contributed by atoms with van der Waals surface area (Å²) >= 11 is 3.02. The first-order valence-corrected chi connectivity index (χ1v) is 6.51. The quantitative estimate of drug-likeness (QED) is 0.652. The average molecular weight is 371 g/mol. The van der Waals surface area contributed by atoms with Crippen molar-refractivity contribution in [3.63, 3.8) is 0 Å². The van der Waals surface area contributed by atoms with Crippen LogP contribution in [-0.2, 0) is 0 Å². The van der Waals surface area contributed by atoms with Crippen molar-refractivity contribution in [2.24, 2.45) is 0 Å². The molecule has 1 aromatic carbocycles. The number of nitrogens with two attached hydrogens (primary N) is 1. The summed E-state index contributed by atoms with van der Waals surface area (Å²) in [6.07, 6.45) is 0. The van der Waals surface area contributed by atoms with Gasteiger partial charge in [-0.15, -0.1) is 0 Å². The van der Waals surface area contributed by atoms with E-state index in [1.165, 1.54) is 12.1 Å². The van der Waals surface area contributed by atoms with Gasteiger partial charge in [-0.1, -0.05) is 22.0 Å². The number of carboxylic acids is 2. The molecule has 0 fully saturated rings. The Labute approximate surface area is 130 Å². The third-order valence-electron chi connectivity index (χ3n) is 2.89. The Balaban J connectivity index is 3.10. The molecular formula is C13H8BrFN2O5. The zero-order chi connectivity index (χ0) is 16.6. The third kappa shape index (κ3) is 2.46. The van der Waals surface area contributed by atoms with E-state index in [9.17, 15) is 29.0 Å². The number of carboxylic acid groups (broad SMARTS) is 2. The minimum atomic E-state index is -1.70. The highest BCUT2D eigenvalue weighted by Gasteiger charge is 2.29. The van der Waals surface area contributed by atoms with Crippen molar-refractivity contribution in [2.75, 3.05) is 5.73 Å². The molecule has 0 saturated carbocycles. The number of pyridine rings is 1. The van der Waals surface area contributed by atoms with Crippen molar-refractivity contribution in [3.8, 4) is 11.1 Å². The largest absolute Gasteiger partial charge is 0.478 e. The van der Waals surface area contributed by atoms with Crippen molar-refractivity contribution in [2.45, 2.75) is 0 Å². The van der Waals surface area contributed by atoms with Gasteiger partial charge in [-0.05, 0) is 12.1 Å². The molecule has 0 atom stereocenters. The smallest absolute Gasteiger partial charge is 0.342 e. The zero-order valence-electron chi connectivity index (χ0n) is 10.7. The summed E-state index contributed by atoms with van der Waals surface area (Å²) in [6.45, 7) is 0. The number of hydrogen-bond donors (Lipinski definition) is 4. The number of aromatic nitrogens is 1. The molecule has 1 heterocycles. The van der Waals surface area contributed by atoms with E-state index in [4.69, 9.17) is 5.73 Å². The maximum absolute atomic E-state index is 14.1. The van der Waals surface area contributed by atoms with Crippen LogP contribution in [0.4, 0.5) is 10.2 Å². The molecule has 22 heavy (non-hydrogen) atoms. The second-order valence-electron chi connectivity index (χ2n) is 4.20. The number of benzene rings is 1. The molecular weight excluding hydrogens is 363 g/mol. The molecule has 114 valence electrons. The second kappa shape index (κ2) is 5.60. The zero-order valence-corrected chi connectivity index (χ0v) is 12.3. The molecule has 5 N–H and O–H groups in total. The monoisotopic (exact) mass is 370 g/mol. The summed E-state index contributed by atoms with van der Waals surface area (Å²) in [6, 6.07) is 3.72. The number of aromatic amines is 1. The summed E-state index contributed by atoms with van der Waals surface area (Å²) in [7, 11) is 0. The number of anilines is 1. The van der Waals surface area contributed by atoms with Crippen LogP contribution in [0.3, 0.4) is 0 Å². The van der Waals surface area contributed by atoms with E-state index < -0.39 is 45.8 Å². The van der Waals surface area contributed by atoms with E-state index in [-0.39, 0.29) is 10.0 Å². The van der Waals surface area contributed by atoms with E-state index in [1.807, 2.05) is 4.98 Å². The molecule has 0 aliphatic rings. The minimum Gasteiger partial charge on any atom is -0.478 e. The van der Waals surface area contributed by atoms with Crippen molar-refractivity contribution in [1.29, 1.82) is 0 Å². The van der Waals surface area contributed by atoms with Gasteiger partial charge in [0.15, 0.2) is 0 Å². The highest BCUT2D eigenvalue weighted by atomic mass is 79.9. The van der Waals surface area contributed by atoms with Crippen LogP contribution >= 0.6 is 15.9 Å². The van der Waals surface area contributed by atoms with Crippen molar-refractivity contribution in [3.05, 3.63) is 50.0 Å². The normalized spacial score (nSPS) is 10.5. The van der Waals surface area contributed by atoms with Crippen LogP contribution in [0.1, 0.15) is 20.7 Å². The van der Waals surface area contributed by atoms with E-state index in [0.717, 1.165) is 6.07 Å². The van der Waals surface area contributed by atoms with Gasteiger partial charge < -0.3 is 20.9 Å². The molecule has 0 radical (unpaired) electrons. The Morgan fingerprint density at radius 2 is 1.73 bits per heavy atom. The van der Waals surface area contributed by atoms with E-state index in [0.29, 0.717) is 0 Å². The lowest BCUT2D eigenvalue weighted by molar-refractivity contribution is 0.0695. The predicted molar refractivity (Wildman–Crippen MR) is 78.5 cm³/mol. The Morgan fingerprint density at radius 3 is 2.23 bits per heavy atom. The van der Waals surface area contributed by atoms with Gasteiger partial charge in [0.25, 0.3) is 5.56 Å². The van der Waals surface area contributed by atoms with Crippen LogP contribution < -0.4 is 11.3 Å². The van der Waals surface area contributed by atoms with Gasteiger partial charge in [0.2, 0.25) is 0 Å². The molecule has 1 aromatic heterocycles. The predicted octanol–water partition coefficient (Wildman–Crippen LogP) is 1.92. The number of H-pyrrole nitrogens is 1. The molecule has 0 bridgehead atoms. The summed E-state index contributed by atoms with van der Waals surface area (Å²) in [5.74, 6) is -4.76. The van der Waals surface area contributed by atoms with Gasteiger partial charge in [-0.2, -0.15) is 0 Å². The van der Waals surface area contributed by atoms with E-state index in [2.05, 4.69) is 15.9 Å². The fourth-order valence-corrected chi connectivity index (χ4v) is 2.57. The Bertz CT molecular complexity index is 842. The number of aromatic carboxylic acids is 2. The molecule has 0 amide bonds. The number of rotatable bonds is 3. The first-order chi connectivity index (χ1) is 10.3. The summed E-state index contributed by atoms with van der Waals surface area (Å²) in [5.41, 5.74) is 1.78. The van der Waals surface area contributed by atoms with Crippen LogP contribution in [0.5, 0.6) is 0 Å². The standard InChI is InChI=1S/C13H8BrFN2O5/c14-4-2-1-3-5(15)6(4)7-8(12(19)20)10(16)17-11(18)9(7)13(21)22/h1-3H,(H,19,20)(H,21,22)(H3,16,17,18). The minimum absolute atomic E-state index is 0.0856. The molecule has 2 aromatic rings. The van der Waals surface area contributed by atoms with E-state index in [1.54, 1.807) is 0 Å². The Kier molecular flexibility index (Phi) is 4.00. The molecule has 0 saturated heterocycles. The lowest BCUT2D eigenvalue weighted by Gasteiger charge is -2.14. The molecule has 0 unspecified atom stereocenters. The fourth-order valence-electron chi connectivity index (χ4n) is 2.03. The summed E-state index contributed by atoms with van der Waals surface area (Å²) in [5, 5.41) is 18.4. The number of hydrogen-bond acceptors (Lipinski definition) is 4. The van der Waals surface area contributed by atoms with Crippen LogP contribution in [-0.4, -0.2) is 27.1 Å². The Morgan fingerprint density at radius 1 is 1.14 bits per heavy atom. The number of nitrogen functional groups attached to an aromatic ring is 1. The highest BCUT2D eigenvalue weighted by molar-refractivity contribution is 9.10. The van der Waals surface area contributed by atoms with Gasteiger partial charge in [0.1, 0.15) is 22.8 Å². The topological polar surface area (TPSA) is 133 Å². The van der Waals surface area contributed by atoms with Gasteiger partial charge in [-0.25, -0.2) is 14.0 Å². The SMILES string of the molecule is Nc1[nH]c(=O)c(C(=O)O)c(-c2c(F)cccc2Br)c1C(=O)O. The number of halogens is 2. The first-order valence-electron chi connectivity index (χ1n) is 5.72. The molecule has 0 aliphatic heterocycles. The molecule has 9 heteroatoms. The number of nitrogens with one attached hydrogen (secondary N) is 1. The van der Waals surface area contributed by atoms with Crippen LogP contribution in [0.2, 0.25) is 0 Å². The van der Waals surface area contributed by atoms with Gasteiger partial charge >= 0.3 is 11.9 Å². The van der Waals surface area contributed by atoms with Gasteiger partial charge in [0.05, 0.1) is 0 Å². The third-order valence-corrected chi connectivity index (χ3v) is 3.55. The Hall–Kier alpha value is -2.68.